The molecule has 1 rings (SSSR count). The Labute approximate surface area is 109 Å². The summed E-state index contributed by atoms with van der Waals surface area (Å²) in [5, 5.41) is 8.95. The van der Waals surface area contributed by atoms with Crippen LogP contribution in [-0.4, -0.2) is 42.9 Å². The summed E-state index contributed by atoms with van der Waals surface area (Å²) in [6.07, 6.45) is 2.82. The maximum atomic E-state index is 12.1. The molecule has 0 amide bonds. The number of piperidine rings is 1. The predicted octanol–water partition coefficient (Wildman–Crippen LogP) is 0.806. The van der Waals surface area contributed by atoms with E-state index in [2.05, 4.69) is 4.72 Å². The van der Waals surface area contributed by atoms with Gasteiger partial charge in [0.1, 0.15) is 0 Å². The molecular weight excluding hydrogens is 256 g/mol. The molecule has 18 heavy (non-hydrogen) atoms. The van der Waals surface area contributed by atoms with Crippen molar-refractivity contribution in [3.8, 4) is 0 Å². The second kappa shape index (κ2) is 6.49. The summed E-state index contributed by atoms with van der Waals surface area (Å²) in [6, 6.07) is -0.120. The number of nitrogens with one attached hydrogen (secondary N) is 1. The molecule has 6 nitrogen and oxygen atoms in total. The summed E-state index contributed by atoms with van der Waals surface area (Å²) in [6.45, 7) is 4.29. The van der Waals surface area contributed by atoms with Crippen LogP contribution in [0.25, 0.3) is 0 Å². The van der Waals surface area contributed by atoms with Gasteiger partial charge in [0.25, 0.3) is 10.2 Å². The van der Waals surface area contributed by atoms with Crippen molar-refractivity contribution in [2.24, 2.45) is 5.92 Å². The van der Waals surface area contributed by atoms with Crippen molar-refractivity contribution in [1.29, 1.82) is 0 Å². The van der Waals surface area contributed by atoms with E-state index in [0.29, 0.717) is 19.4 Å². The van der Waals surface area contributed by atoms with E-state index in [4.69, 9.17) is 5.11 Å². The molecule has 0 aliphatic carbocycles. The van der Waals surface area contributed by atoms with E-state index < -0.39 is 22.1 Å². The Morgan fingerprint density at radius 3 is 2.78 bits per heavy atom. The summed E-state index contributed by atoms with van der Waals surface area (Å²) in [5.74, 6) is -1.51. The second-order valence-corrected chi connectivity index (χ2v) is 6.55. The Morgan fingerprint density at radius 1 is 1.56 bits per heavy atom. The first kappa shape index (κ1) is 15.4. The highest BCUT2D eigenvalue weighted by molar-refractivity contribution is 7.87. The number of carboxylic acids is 1. The van der Waals surface area contributed by atoms with Crippen molar-refractivity contribution in [2.45, 2.75) is 45.6 Å². The average molecular weight is 278 g/mol. The molecule has 2 atom stereocenters. The minimum Gasteiger partial charge on any atom is -0.481 e. The largest absolute Gasteiger partial charge is 0.481 e. The van der Waals surface area contributed by atoms with Gasteiger partial charge in [-0.25, -0.2) is 0 Å². The fraction of sp³-hybridized carbons (Fsp3) is 0.909. The number of carboxylic acid groups (broad SMARTS) is 1. The number of hydrogen-bond donors (Lipinski definition) is 2. The van der Waals surface area contributed by atoms with Crippen molar-refractivity contribution in [3.63, 3.8) is 0 Å². The van der Waals surface area contributed by atoms with Crippen molar-refractivity contribution >= 4 is 16.2 Å². The van der Waals surface area contributed by atoms with Gasteiger partial charge in [-0.1, -0.05) is 13.3 Å². The van der Waals surface area contributed by atoms with Crippen molar-refractivity contribution in [1.82, 2.24) is 9.03 Å². The first-order valence-corrected chi connectivity index (χ1v) is 7.81. The van der Waals surface area contributed by atoms with Gasteiger partial charge in [-0.2, -0.15) is 17.4 Å². The molecule has 1 aliphatic rings. The normalized spacial score (nSPS) is 23.8. The SMILES string of the molecule is CCCC(C)NS(=O)(=O)N1CCCC(C(=O)O)C1. The van der Waals surface area contributed by atoms with Crippen LogP contribution < -0.4 is 4.72 Å². The van der Waals surface area contributed by atoms with E-state index >= 15 is 0 Å². The number of hydrogen-bond acceptors (Lipinski definition) is 3. The highest BCUT2D eigenvalue weighted by atomic mass is 32.2. The molecule has 0 spiro atoms. The average Bonchev–Trinajstić information content (AvgIpc) is 2.28. The molecule has 1 aliphatic heterocycles. The number of nitrogens with zero attached hydrogens (tertiary/aromatic N) is 1. The Balaban J connectivity index is 2.64. The summed E-state index contributed by atoms with van der Waals surface area (Å²) in [5.41, 5.74) is 0. The number of carbonyl (C=O) groups is 1. The first-order valence-electron chi connectivity index (χ1n) is 6.37. The smallest absolute Gasteiger partial charge is 0.307 e. The van der Waals surface area contributed by atoms with Gasteiger partial charge in [0.2, 0.25) is 0 Å². The van der Waals surface area contributed by atoms with Gasteiger partial charge in [0.15, 0.2) is 0 Å². The Kier molecular flexibility index (Phi) is 5.55. The first-order chi connectivity index (χ1) is 8.36. The molecule has 1 heterocycles. The molecule has 106 valence electrons. The third-order valence-corrected chi connectivity index (χ3v) is 4.86. The molecule has 2 unspecified atom stereocenters. The summed E-state index contributed by atoms with van der Waals surface area (Å²) >= 11 is 0. The zero-order valence-corrected chi connectivity index (χ0v) is 11.7. The van der Waals surface area contributed by atoms with Crippen LogP contribution in [0.5, 0.6) is 0 Å². The van der Waals surface area contributed by atoms with E-state index in [1.165, 1.54) is 4.31 Å². The van der Waals surface area contributed by atoms with Gasteiger partial charge in [-0.15, -0.1) is 0 Å². The molecular formula is C11H22N2O4S. The zero-order chi connectivity index (χ0) is 13.8. The molecule has 0 aromatic carbocycles. The number of rotatable bonds is 6. The number of aliphatic carboxylic acids is 1. The Morgan fingerprint density at radius 2 is 2.22 bits per heavy atom. The van der Waals surface area contributed by atoms with Crippen LogP contribution in [0.1, 0.15) is 39.5 Å². The van der Waals surface area contributed by atoms with Gasteiger partial charge in [0, 0.05) is 19.1 Å². The molecule has 0 saturated carbocycles. The van der Waals surface area contributed by atoms with Crippen LogP contribution >= 0.6 is 0 Å². The maximum absolute atomic E-state index is 12.1. The van der Waals surface area contributed by atoms with Gasteiger partial charge in [-0.05, 0) is 26.2 Å². The van der Waals surface area contributed by atoms with Crippen LogP contribution in [0.3, 0.4) is 0 Å². The highest BCUT2D eigenvalue weighted by Gasteiger charge is 2.32. The fourth-order valence-corrected chi connectivity index (χ4v) is 3.70. The van der Waals surface area contributed by atoms with E-state index in [-0.39, 0.29) is 12.6 Å². The second-order valence-electron chi connectivity index (χ2n) is 4.85. The zero-order valence-electron chi connectivity index (χ0n) is 10.9. The monoisotopic (exact) mass is 278 g/mol. The minimum absolute atomic E-state index is 0.0729. The Bertz CT molecular complexity index is 383. The van der Waals surface area contributed by atoms with Crippen LogP contribution in [0.2, 0.25) is 0 Å². The Hall–Kier alpha value is -0.660. The topological polar surface area (TPSA) is 86.7 Å². The van der Waals surface area contributed by atoms with Crippen LogP contribution in [-0.2, 0) is 15.0 Å². The lowest BCUT2D eigenvalue weighted by Crippen LogP contribution is -2.49. The molecule has 0 aromatic rings. The van der Waals surface area contributed by atoms with Gasteiger partial charge >= 0.3 is 5.97 Å². The lowest BCUT2D eigenvalue weighted by atomic mass is 10.0. The molecule has 1 saturated heterocycles. The fourth-order valence-electron chi connectivity index (χ4n) is 2.18. The molecule has 0 radical (unpaired) electrons. The van der Waals surface area contributed by atoms with Crippen LogP contribution in [0.15, 0.2) is 0 Å². The van der Waals surface area contributed by atoms with E-state index in [0.717, 1.165) is 12.8 Å². The quantitative estimate of drug-likeness (QED) is 0.752. The lowest BCUT2D eigenvalue weighted by Gasteiger charge is -2.30. The van der Waals surface area contributed by atoms with Gasteiger partial charge in [-0.3, -0.25) is 4.79 Å². The van der Waals surface area contributed by atoms with Crippen molar-refractivity contribution in [2.75, 3.05) is 13.1 Å². The standard InChI is InChI=1S/C11H22N2O4S/c1-3-5-9(2)12-18(16,17)13-7-4-6-10(8-13)11(14)15/h9-10,12H,3-8H2,1-2H3,(H,14,15). The lowest BCUT2D eigenvalue weighted by molar-refractivity contribution is -0.142. The molecule has 0 bridgehead atoms. The van der Waals surface area contributed by atoms with E-state index in [1.807, 2.05) is 13.8 Å². The van der Waals surface area contributed by atoms with Crippen molar-refractivity contribution in [3.05, 3.63) is 0 Å². The minimum atomic E-state index is -3.55. The third kappa shape index (κ3) is 4.22. The van der Waals surface area contributed by atoms with E-state index in [1.54, 1.807) is 0 Å². The van der Waals surface area contributed by atoms with Gasteiger partial charge < -0.3 is 5.11 Å². The third-order valence-electron chi connectivity index (χ3n) is 3.15. The van der Waals surface area contributed by atoms with Crippen LogP contribution in [0, 0.1) is 5.92 Å². The molecule has 7 heteroatoms. The van der Waals surface area contributed by atoms with Crippen molar-refractivity contribution < 1.29 is 18.3 Å². The summed E-state index contributed by atoms with van der Waals surface area (Å²) in [4.78, 5) is 10.9. The summed E-state index contributed by atoms with van der Waals surface area (Å²) < 4.78 is 28.0. The molecule has 1 fully saturated rings. The highest BCUT2D eigenvalue weighted by Crippen LogP contribution is 2.19. The maximum Gasteiger partial charge on any atom is 0.307 e. The van der Waals surface area contributed by atoms with E-state index in [9.17, 15) is 13.2 Å². The van der Waals surface area contributed by atoms with Gasteiger partial charge in [0.05, 0.1) is 5.92 Å². The summed E-state index contributed by atoms with van der Waals surface area (Å²) in [7, 11) is -3.55. The molecule has 2 N–H and O–H groups in total. The molecule has 0 aromatic heterocycles. The predicted molar refractivity (Wildman–Crippen MR) is 68.4 cm³/mol. The van der Waals surface area contributed by atoms with Crippen LogP contribution in [0.4, 0.5) is 0 Å².